The SMILES string of the molecule is C[Si](C)CPC[Si](C)C.[Y].[Y]. The van der Waals surface area contributed by atoms with E-state index >= 15 is 0 Å². The molecule has 0 saturated heterocycles. The van der Waals surface area contributed by atoms with Crippen molar-refractivity contribution in [3.63, 3.8) is 0 Å². The Morgan fingerprint density at radius 2 is 1.09 bits per heavy atom. The van der Waals surface area contributed by atoms with Crippen LogP contribution in [0.3, 0.4) is 0 Å². The van der Waals surface area contributed by atoms with Crippen LogP contribution in [0.25, 0.3) is 0 Å². The number of hydrogen-bond donors (Lipinski definition) is 0. The van der Waals surface area contributed by atoms with E-state index in [-0.39, 0.29) is 83.0 Å². The van der Waals surface area contributed by atoms with Gasteiger partial charge >= 0.3 is 0 Å². The maximum absolute atomic E-state index is 2.41. The van der Waals surface area contributed by atoms with Crippen LogP contribution in [0.4, 0.5) is 0 Å². The normalized spacial score (nSPS) is 9.27. The quantitative estimate of drug-likeness (QED) is 0.537. The van der Waals surface area contributed by atoms with E-state index in [1.165, 1.54) is 8.58 Å². The maximum atomic E-state index is 2.41. The maximum Gasteiger partial charge on any atom is 0.0455 e. The fourth-order valence-corrected chi connectivity index (χ4v) is 6.19. The van der Waals surface area contributed by atoms with E-state index in [4.69, 9.17) is 0 Å². The summed E-state index contributed by atoms with van der Waals surface area (Å²) in [5.74, 6) is 3.11. The first-order valence-corrected chi connectivity index (χ1v) is 10.2. The second-order valence-electron chi connectivity index (χ2n) is 3.02. The van der Waals surface area contributed by atoms with Crippen molar-refractivity contribution in [3.05, 3.63) is 0 Å². The molecule has 0 aliphatic carbocycles. The van der Waals surface area contributed by atoms with Crippen molar-refractivity contribution in [1.29, 1.82) is 0 Å². The molecule has 0 fully saturated rings. The van der Waals surface area contributed by atoms with Gasteiger partial charge in [0.05, 0.1) is 0 Å². The summed E-state index contributed by atoms with van der Waals surface area (Å²) in [6, 6.07) is 0. The zero-order valence-electron chi connectivity index (χ0n) is 8.07. The third-order valence-corrected chi connectivity index (χ3v) is 8.61. The third kappa shape index (κ3) is 19.5. The van der Waals surface area contributed by atoms with Crippen LogP contribution >= 0.6 is 8.58 Å². The van der Waals surface area contributed by atoms with Crippen molar-refractivity contribution >= 4 is 26.2 Å². The molecule has 4 radical (unpaired) electrons. The Hall–Kier alpha value is 3.07. The van der Waals surface area contributed by atoms with Gasteiger partial charge in [0.25, 0.3) is 0 Å². The molecule has 0 spiro atoms. The van der Waals surface area contributed by atoms with Gasteiger partial charge in [-0.05, 0) is 11.6 Å². The van der Waals surface area contributed by atoms with Crippen molar-refractivity contribution in [2.24, 2.45) is 0 Å². The van der Waals surface area contributed by atoms with Gasteiger partial charge in [0, 0.05) is 83.0 Å². The Labute approximate surface area is 127 Å². The Morgan fingerprint density at radius 3 is 1.27 bits per heavy atom. The Bertz CT molecular complexity index is 63.6. The zero-order chi connectivity index (χ0) is 7.28. The minimum Gasteiger partial charge on any atom is -0.128 e. The van der Waals surface area contributed by atoms with Crippen LogP contribution in [-0.4, -0.2) is 29.2 Å². The molecule has 0 bridgehead atoms. The van der Waals surface area contributed by atoms with Crippen LogP contribution in [0.5, 0.6) is 0 Å². The van der Waals surface area contributed by atoms with Crippen molar-refractivity contribution in [2.75, 3.05) is 11.6 Å². The summed E-state index contributed by atoms with van der Waals surface area (Å²) in [5, 5.41) is 0. The first-order chi connectivity index (χ1) is 4.13. The van der Waals surface area contributed by atoms with Gasteiger partial charge in [-0.2, -0.15) is 0 Å². The molecule has 5 heteroatoms. The summed E-state index contributed by atoms with van der Waals surface area (Å²) in [7, 11) is 1.48. The molecule has 0 nitrogen and oxygen atoms in total. The second-order valence-corrected chi connectivity index (χ2v) is 11.2. The molecule has 0 aliphatic heterocycles. The van der Waals surface area contributed by atoms with E-state index in [0.717, 1.165) is 0 Å². The molecule has 0 N–H and O–H groups in total. The summed E-state index contributed by atoms with van der Waals surface area (Å²) in [4.78, 5) is 0. The van der Waals surface area contributed by atoms with Crippen LogP contribution in [0.2, 0.25) is 26.2 Å². The fraction of sp³-hybridized carbons (Fsp3) is 1.00. The van der Waals surface area contributed by atoms with E-state index < -0.39 is 0 Å². The molecule has 0 saturated carbocycles. The van der Waals surface area contributed by atoms with Gasteiger partial charge in [-0.25, -0.2) is 0 Å². The molecule has 60 valence electrons. The summed E-state index contributed by atoms with van der Waals surface area (Å²) in [6.07, 6.45) is 0. The molecule has 0 aromatic heterocycles. The predicted molar refractivity (Wildman–Crippen MR) is 53.0 cm³/mol. The van der Waals surface area contributed by atoms with Gasteiger partial charge in [0.1, 0.15) is 0 Å². The number of hydrogen-bond acceptors (Lipinski definition) is 0. The van der Waals surface area contributed by atoms with E-state index in [0.29, 0.717) is 0 Å². The van der Waals surface area contributed by atoms with Crippen LogP contribution in [0, 0.1) is 0 Å². The van der Waals surface area contributed by atoms with Crippen LogP contribution in [0.1, 0.15) is 0 Å². The summed E-state index contributed by atoms with van der Waals surface area (Å²) < 4.78 is 0. The zero-order valence-corrected chi connectivity index (χ0v) is 16.7. The molecule has 0 atom stereocenters. The molecule has 0 heterocycles. The van der Waals surface area contributed by atoms with E-state index in [2.05, 4.69) is 26.2 Å². The smallest absolute Gasteiger partial charge is 0.0455 e. The first kappa shape index (κ1) is 19.6. The van der Waals surface area contributed by atoms with Gasteiger partial charge in [-0.1, -0.05) is 26.2 Å². The van der Waals surface area contributed by atoms with Crippen LogP contribution in [0.15, 0.2) is 0 Å². The molecule has 0 aliphatic rings. The largest absolute Gasteiger partial charge is 0.128 e. The van der Waals surface area contributed by atoms with E-state index in [9.17, 15) is 0 Å². The molecule has 0 rings (SSSR count). The summed E-state index contributed by atoms with van der Waals surface area (Å²) >= 11 is 0. The van der Waals surface area contributed by atoms with Gasteiger partial charge in [0.2, 0.25) is 0 Å². The van der Waals surface area contributed by atoms with Crippen LogP contribution < -0.4 is 0 Å². The third-order valence-electron chi connectivity index (χ3n) is 0.957. The van der Waals surface area contributed by atoms with Crippen molar-refractivity contribution in [2.45, 2.75) is 26.2 Å². The Morgan fingerprint density at radius 1 is 0.818 bits per heavy atom. The van der Waals surface area contributed by atoms with Crippen molar-refractivity contribution in [3.8, 4) is 0 Å². The van der Waals surface area contributed by atoms with Gasteiger partial charge < -0.3 is 0 Å². The molecular formula is C6H17PSi2Y2. The monoisotopic (exact) mass is 354 g/mol. The van der Waals surface area contributed by atoms with Crippen LogP contribution in [-0.2, 0) is 65.4 Å². The molecule has 0 unspecified atom stereocenters. The topological polar surface area (TPSA) is 0 Å². The Balaban J connectivity index is -0.000000320. The Kier molecular flexibility index (Phi) is 23.3. The molecule has 0 aromatic carbocycles. The molecule has 0 amide bonds. The predicted octanol–water partition coefficient (Wildman–Crippen LogP) is 2.25. The van der Waals surface area contributed by atoms with Crippen molar-refractivity contribution in [1.82, 2.24) is 0 Å². The summed E-state index contributed by atoms with van der Waals surface area (Å²) in [6.45, 7) is 9.65. The molecule has 11 heavy (non-hydrogen) atoms. The van der Waals surface area contributed by atoms with E-state index in [1.807, 2.05) is 0 Å². The minimum absolute atomic E-state index is 0. The van der Waals surface area contributed by atoms with E-state index in [1.54, 1.807) is 11.6 Å². The summed E-state index contributed by atoms with van der Waals surface area (Å²) in [5.41, 5.74) is 0. The molecular weight excluding hydrogens is 337 g/mol. The minimum atomic E-state index is 0. The standard InChI is InChI=1S/C6H17PSi2.2Y/c1-8(2)5-7-6-9(3)4;;/h7H,5-6H2,1-4H3;;. The average molecular weight is 354 g/mol. The fourth-order valence-electron chi connectivity index (χ4n) is 0.562. The first-order valence-electron chi connectivity index (χ1n) is 3.41. The second kappa shape index (κ2) is 13.1. The van der Waals surface area contributed by atoms with Crippen molar-refractivity contribution < 1.29 is 65.4 Å². The molecule has 0 aromatic rings. The van der Waals surface area contributed by atoms with Gasteiger partial charge in [-0.3, -0.25) is 0 Å². The number of rotatable bonds is 4. The average Bonchev–Trinajstić information content (AvgIpc) is 1.63. The van der Waals surface area contributed by atoms with Gasteiger partial charge in [0.15, 0.2) is 0 Å². The van der Waals surface area contributed by atoms with Gasteiger partial charge in [-0.15, -0.1) is 8.58 Å².